The van der Waals surface area contributed by atoms with Crippen LogP contribution in [0.15, 0.2) is 68.5 Å². The number of nitriles is 1. The molecule has 140 valence electrons. The first kappa shape index (κ1) is 16.5. The molecule has 4 heterocycles. The van der Waals surface area contributed by atoms with Crippen molar-refractivity contribution in [2.24, 2.45) is 0 Å². The Kier molecular flexibility index (Phi) is 3.31. The second kappa shape index (κ2) is 5.80. The molecule has 0 fully saturated rings. The molecule has 2 bridgehead atoms. The Hall–Kier alpha value is -3.40. The van der Waals surface area contributed by atoms with Crippen LogP contribution in [0.3, 0.4) is 0 Å². The molecule has 0 saturated carbocycles. The van der Waals surface area contributed by atoms with Gasteiger partial charge in [-0.15, -0.1) is 0 Å². The third-order valence-corrected chi connectivity index (χ3v) is 6.26. The highest BCUT2D eigenvalue weighted by atomic mass is 32.1. The van der Waals surface area contributed by atoms with Gasteiger partial charge in [0.05, 0.1) is 17.0 Å². The predicted octanol–water partition coefficient (Wildman–Crippen LogP) is 4.63. The molecule has 0 saturated heterocycles. The van der Waals surface area contributed by atoms with Crippen molar-refractivity contribution in [3.05, 3.63) is 97.5 Å². The molecule has 0 N–H and O–H groups in total. The average Bonchev–Trinajstić information content (AvgIpc) is 3.29. The zero-order valence-electron chi connectivity index (χ0n) is 15.0. The van der Waals surface area contributed by atoms with E-state index in [1.807, 2.05) is 47.2 Å². The second-order valence-electron chi connectivity index (χ2n) is 7.20. The van der Waals surface area contributed by atoms with Gasteiger partial charge in [0.15, 0.2) is 0 Å². The molecule has 0 radical (unpaired) electrons. The molecule has 2 aromatic carbocycles. The van der Waals surface area contributed by atoms with E-state index in [0.717, 1.165) is 22.1 Å². The number of hydrogen-bond donors (Lipinski definition) is 0. The summed E-state index contributed by atoms with van der Waals surface area (Å²) >= 11 is 1.56. The van der Waals surface area contributed by atoms with Crippen LogP contribution in [0.5, 0.6) is 5.75 Å². The van der Waals surface area contributed by atoms with E-state index in [2.05, 4.69) is 6.07 Å². The monoisotopic (exact) mass is 399 g/mol. The highest BCUT2D eigenvalue weighted by molar-refractivity contribution is 7.08. The van der Waals surface area contributed by atoms with Gasteiger partial charge in [-0.2, -0.15) is 16.6 Å². The van der Waals surface area contributed by atoms with Crippen molar-refractivity contribution in [3.63, 3.8) is 0 Å². The Bertz CT molecular complexity index is 1380. The Morgan fingerprint density at radius 2 is 2.07 bits per heavy atom. The largest absolute Gasteiger partial charge is 0.456 e. The molecule has 4 aromatic rings. The number of rotatable bonds is 1. The number of benzene rings is 2. The van der Waals surface area contributed by atoms with Gasteiger partial charge in [-0.25, -0.2) is 4.79 Å². The maximum Gasteiger partial charge on any atom is 0.346 e. The van der Waals surface area contributed by atoms with Crippen molar-refractivity contribution in [1.82, 2.24) is 0 Å². The van der Waals surface area contributed by atoms with Crippen molar-refractivity contribution in [2.45, 2.75) is 18.3 Å². The highest BCUT2D eigenvalue weighted by Crippen LogP contribution is 2.53. The minimum Gasteiger partial charge on any atom is -0.456 e. The van der Waals surface area contributed by atoms with E-state index in [1.165, 1.54) is 0 Å². The van der Waals surface area contributed by atoms with Crippen molar-refractivity contribution >= 4 is 22.3 Å². The molecular weight excluding hydrogens is 386 g/mol. The first-order chi connectivity index (χ1) is 14.2. The van der Waals surface area contributed by atoms with E-state index in [-0.39, 0.29) is 0 Å². The first-order valence-corrected chi connectivity index (χ1v) is 10.1. The van der Waals surface area contributed by atoms with Crippen LogP contribution < -0.4 is 10.4 Å². The fourth-order valence-electron chi connectivity index (χ4n) is 4.25. The molecule has 2 atom stereocenters. The summed E-state index contributed by atoms with van der Waals surface area (Å²) in [5.41, 5.74) is 3.63. The Labute approximate surface area is 169 Å². The summed E-state index contributed by atoms with van der Waals surface area (Å²) in [6.07, 6.45) is -0.185. The summed E-state index contributed by atoms with van der Waals surface area (Å²) in [6, 6.07) is 17.0. The number of ether oxygens (including phenoxy) is 2. The quantitative estimate of drug-likeness (QED) is 0.436. The maximum absolute atomic E-state index is 12.9. The van der Waals surface area contributed by atoms with Crippen LogP contribution in [0.2, 0.25) is 0 Å². The summed E-state index contributed by atoms with van der Waals surface area (Å²) < 4.78 is 18.5. The molecule has 0 amide bonds. The minimum absolute atomic E-state index is 0.361. The molecule has 2 aliphatic rings. The number of para-hydroxylation sites is 1. The zero-order valence-corrected chi connectivity index (χ0v) is 15.9. The standard InChI is InChI=1S/C23H13NO4S/c24-11-13-5-6-16-14(9-13)10-23(15-7-8-29-12-15)27-20(16)19-21(28-23)17-3-1-2-4-18(17)26-22(19)25/h1-9,12,20H,10H2/t20?,23-/m1/s1. The molecule has 2 aliphatic heterocycles. The summed E-state index contributed by atoms with van der Waals surface area (Å²) in [5.74, 6) is -0.552. The minimum atomic E-state index is -1.06. The van der Waals surface area contributed by atoms with Gasteiger partial charge < -0.3 is 13.9 Å². The fraction of sp³-hybridized carbons (Fsp3) is 0.130. The van der Waals surface area contributed by atoms with Crippen molar-refractivity contribution in [3.8, 4) is 11.8 Å². The third-order valence-electron chi connectivity index (χ3n) is 5.57. The van der Waals surface area contributed by atoms with Gasteiger partial charge in [-0.3, -0.25) is 0 Å². The molecule has 29 heavy (non-hydrogen) atoms. The van der Waals surface area contributed by atoms with Gasteiger partial charge in [0.1, 0.15) is 23.0 Å². The van der Waals surface area contributed by atoms with Crippen LogP contribution in [0.1, 0.15) is 33.9 Å². The predicted molar refractivity (Wildman–Crippen MR) is 107 cm³/mol. The smallest absolute Gasteiger partial charge is 0.346 e. The van der Waals surface area contributed by atoms with Gasteiger partial charge in [-0.1, -0.05) is 18.2 Å². The second-order valence-corrected chi connectivity index (χ2v) is 7.98. The lowest BCUT2D eigenvalue weighted by molar-refractivity contribution is -0.237. The SMILES string of the molecule is N#Cc1ccc2c(c1)C[C@]1(c3ccsc3)Oc3c(c(=O)oc4ccccc34)C2O1. The highest BCUT2D eigenvalue weighted by Gasteiger charge is 2.51. The van der Waals surface area contributed by atoms with Crippen LogP contribution in [-0.2, 0) is 16.9 Å². The van der Waals surface area contributed by atoms with E-state index in [0.29, 0.717) is 28.9 Å². The lowest BCUT2D eigenvalue weighted by Gasteiger charge is -2.46. The number of nitrogens with zero attached hydrogens (tertiary/aromatic N) is 1. The fourth-order valence-corrected chi connectivity index (χ4v) is 4.96. The van der Waals surface area contributed by atoms with Gasteiger partial charge in [0, 0.05) is 17.4 Å². The van der Waals surface area contributed by atoms with Gasteiger partial charge in [-0.05, 0) is 46.8 Å². The van der Waals surface area contributed by atoms with Crippen molar-refractivity contribution in [2.75, 3.05) is 0 Å². The van der Waals surface area contributed by atoms with Gasteiger partial charge in [0.25, 0.3) is 0 Å². The summed E-state index contributed by atoms with van der Waals surface area (Å²) in [6.45, 7) is 0. The molecule has 6 heteroatoms. The summed E-state index contributed by atoms with van der Waals surface area (Å²) in [7, 11) is 0. The average molecular weight is 399 g/mol. The Morgan fingerprint density at radius 3 is 2.90 bits per heavy atom. The number of fused-ring (bicyclic) bond motifs is 8. The molecule has 5 nitrogen and oxygen atoms in total. The zero-order chi connectivity index (χ0) is 19.6. The van der Waals surface area contributed by atoms with Crippen LogP contribution in [-0.4, -0.2) is 0 Å². The van der Waals surface area contributed by atoms with Crippen molar-refractivity contribution < 1.29 is 13.9 Å². The van der Waals surface area contributed by atoms with Crippen LogP contribution in [0, 0.1) is 11.3 Å². The molecule has 1 unspecified atom stereocenters. The number of thiophene rings is 1. The van der Waals surface area contributed by atoms with E-state index >= 15 is 0 Å². The van der Waals surface area contributed by atoms with E-state index < -0.39 is 17.5 Å². The van der Waals surface area contributed by atoms with Crippen LogP contribution in [0.4, 0.5) is 0 Å². The Morgan fingerprint density at radius 1 is 1.17 bits per heavy atom. The molecular formula is C23H13NO4S. The van der Waals surface area contributed by atoms with Gasteiger partial charge in [0.2, 0.25) is 5.79 Å². The molecule has 6 rings (SSSR count). The lowest BCUT2D eigenvalue weighted by Crippen LogP contribution is -2.47. The molecule has 0 spiro atoms. The van der Waals surface area contributed by atoms with Crippen molar-refractivity contribution in [1.29, 1.82) is 5.26 Å². The normalized spacial score (nSPS) is 21.7. The summed E-state index contributed by atoms with van der Waals surface area (Å²) in [4.78, 5) is 12.9. The first-order valence-electron chi connectivity index (χ1n) is 9.17. The van der Waals surface area contributed by atoms with Gasteiger partial charge >= 0.3 is 5.63 Å². The molecule has 0 aliphatic carbocycles. The van der Waals surface area contributed by atoms with Crippen LogP contribution >= 0.6 is 11.3 Å². The Balaban J connectivity index is 1.70. The van der Waals surface area contributed by atoms with E-state index in [4.69, 9.17) is 13.9 Å². The molecule has 2 aromatic heterocycles. The maximum atomic E-state index is 12.9. The number of hydrogen-bond acceptors (Lipinski definition) is 6. The topological polar surface area (TPSA) is 72.5 Å². The third kappa shape index (κ3) is 2.26. The summed E-state index contributed by atoms with van der Waals surface area (Å²) in [5, 5.41) is 14.0. The van der Waals surface area contributed by atoms with E-state index in [9.17, 15) is 10.1 Å². The van der Waals surface area contributed by atoms with E-state index in [1.54, 1.807) is 23.5 Å². The lowest BCUT2D eigenvalue weighted by atomic mass is 9.84. The van der Waals surface area contributed by atoms with Crippen LogP contribution in [0.25, 0.3) is 11.0 Å².